The summed E-state index contributed by atoms with van der Waals surface area (Å²) in [5.41, 5.74) is 10.6. The van der Waals surface area contributed by atoms with Crippen molar-refractivity contribution in [3.63, 3.8) is 0 Å². The monoisotopic (exact) mass is 802 g/mol. The number of aryl methyl sites for hydroxylation is 2. The van der Waals surface area contributed by atoms with E-state index in [1.807, 2.05) is 58.0 Å². The SMILES string of the molecule is C=CC1=C(C)c2cc3[nH]c(cc4nc(cc5[nH]c(cc1n2)[C@]1(C)C5=CC=C(C(=O)OCCCCCC)C1C(=O)OC)C(C)=C4CCC(=O)OC)c(CCC(=O)OC)c3C. The summed E-state index contributed by atoms with van der Waals surface area (Å²) in [7, 11) is 4.06. The molecule has 0 aromatic carbocycles. The first-order valence-electron chi connectivity index (χ1n) is 20.2. The summed E-state index contributed by atoms with van der Waals surface area (Å²) < 4.78 is 21.2. The standard InChI is InChI=1S/C47H54N4O8/c1-10-12-13-14-21-59-45(54)32-15-18-33-40-23-36-28(5)31(17-20-43(53)57-8)38(49-36)24-37-30(16-19-42(52)56-7)27(4)35(48-37)22-34-26(3)29(11-2)39(50-34)25-41(51-40)47(33,6)44(32)46(55)58-9/h11,15,18,22-25,44,48,51H,2,10,12-14,16-17,19-21H2,1,3-9H3/t44?,47-/m0/s1. The fourth-order valence-electron chi connectivity index (χ4n) is 8.45. The number of aromatic amines is 2. The number of nitrogens with zero attached hydrogens (tertiary/aromatic N) is 2. The Morgan fingerprint density at radius 1 is 0.797 bits per heavy atom. The Balaban J connectivity index is 1.66. The molecule has 59 heavy (non-hydrogen) atoms. The lowest BCUT2D eigenvalue weighted by molar-refractivity contribution is -0.149. The average Bonchev–Trinajstić information content (AvgIpc) is 3.88. The van der Waals surface area contributed by atoms with E-state index < -0.39 is 23.3 Å². The molecular weight excluding hydrogens is 749 g/mol. The number of aromatic nitrogens is 4. The second-order valence-electron chi connectivity index (χ2n) is 15.4. The van der Waals surface area contributed by atoms with E-state index in [9.17, 15) is 19.2 Å². The van der Waals surface area contributed by atoms with Gasteiger partial charge in [-0.1, -0.05) is 51.0 Å². The zero-order valence-corrected chi connectivity index (χ0v) is 35.4. The largest absolute Gasteiger partial charge is 0.469 e. The van der Waals surface area contributed by atoms with Crippen LogP contribution in [0, 0.1) is 12.8 Å². The molecule has 2 aromatic rings. The maximum absolute atomic E-state index is 14.0. The molecule has 0 amide bonds. The number of hydrogen-bond acceptors (Lipinski definition) is 10. The third-order valence-corrected chi connectivity index (χ3v) is 12.0. The molecule has 1 aliphatic carbocycles. The molecule has 310 valence electrons. The third-order valence-electron chi connectivity index (χ3n) is 12.0. The number of rotatable bonds is 14. The van der Waals surface area contributed by atoms with Crippen molar-refractivity contribution in [1.29, 1.82) is 0 Å². The number of methoxy groups -OCH3 is 3. The molecule has 2 N–H and O–H groups in total. The van der Waals surface area contributed by atoms with Crippen molar-refractivity contribution in [2.24, 2.45) is 5.92 Å². The molecule has 0 saturated heterocycles. The number of nitrogens with one attached hydrogen (secondary N) is 2. The molecule has 1 unspecified atom stereocenters. The van der Waals surface area contributed by atoms with Crippen LogP contribution < -0.4 is 0 Å². The summed E-state index contributed by atoms with van der Waals surface area (Å²) in [6, 6.07) is 7.79. The van der Waals surface area contributed by atoms with Crippen LogP contribution in [0.25, 0.3) is 38.9 Å². The first-order chi connectivity index (χ1) is 28.3. The second-order valence-corrected chi connectivity index (χ2v) is 15.4. The Hall–Kier alpha value is -6.04. The maximum atomic E-state index is 14.0. The Kier molecular flexibility index (Phi) is 12.9. The molecule has 4 aliphatic rings. The minimum Gasteiger partial charge on any atom is -0.469 e. The van der Waals surface area contributed by atoms with Gasteiger partial charge in [-0.25, -0.2) is 14.8 Å². The second kappa shape index (κ2) is 17.8. The predicted octanol–water partition coefficient (Wildman–Crippen LogP) is 8.65. The zero-order valence-electron chi connectivity index (χ0n) is 35.4. The van der Waals surface area contributed by atoms with Gasteiger partial charge in [0.2, 0.25) is 0 Å². The van der Waals surface area contributed by atoms with Gasteiger partial charge in [0, 0.05) is 40.8 Å². The molecule has 12 nitrogen and oxygen atoms in total. The van der Waals surface area contributed by atoms with E-state index in [2.05, 4.69) is 23.5 Å². The van der Waals surface area contributed by atoms with Crippen molar-refractivity contribution in [3.8, 4) is 0 Å². The molecule has 12 heteroatoms. The third kappa shape index (κ3) is 8.17. The van der Waals surface area contributed by atoms with Gasteiger partial charge in [0.05, 0.1) is 61.7 Å². The highest BCUT2D eigenvalue weighted by molar-refractivity contribution is 6.02. The topological polar surface area (TPSA) is 163 Å². The van der Waals surface area contributed by atoms with Crippen molar-refractivity contribution in [2.45, 2.75) is 91.4 Å². The first kappa shape index (κ1) is 42.6. The van der Waals surface area contributed by atoms with Crippen molar-refractivity contribution < 1.29 is 38.1 Å². The Morgan fingerprint density at radius 3 is 2.15 bits per heavy atom. The van der Waals surface area contributed by atoms with Crippen LogP contribution in [-0.2, 0) is 50.0 Å². The summed E-state index contributed by atoms with van der Waals surface area (Å²) in [6.45, 7) is 14.4. The van der Waals surface area contributed by atoms with Crippen LogP contribution in [0.5, 0.6) is 0 Å². The van der Waals surface area contributed by atoms with Gasteiger partial charge in [0.25, 0.3) is 0 Å². The minimum absolute atomic E-state index is 0.144. The van der Waals surface area contributed by atoms with E-state index in [0.29, 0.717) is 47.0 Å². The number of carbonyl (C=O) groups excluding carboxylic acids is 4. The molecular formula is C47H54N4O8. The molecule has 0 fully saturated rings. The number of fused-ring (bicyclic) bond motifs is 11. The zero-order chi connectivity index (χ0) is 42.6. The van der Waals surface area contributed by atoms with Crippen molar-refractivity contribution in [2.75, 3.05) is 27.9 Å². The molecule has 3 aliphatic heterocycles. The van der Waals surface area contributed by atoms with Crippen molar-refractivity contribution in [3.05, 3.63) is 99.9 Å². The smallest absolute Gasteiger partial charge is 0.334 e. The van der Waals surface area contributed by atoms with E-state index in [-0.39, 0.29) is 37.0 Å². The van der Waals surface area contributed by atoms with Gasteiger partial charge in [-0.15, -0.1) is 0 Å². The van der Waals surface area contributed by atoms with Crippen molar-refractivity contribution >= 4 is 62.8 Å². The Labute approximate surface area is 345 Å². The molecule has 2 aromatic heterocycles. The minimum atomic E-state index is -1.13. The number of H-pyrrole nitrogens is 2. The summed E-state index contributed by atoms with van der Waals surface area (Å²) in [5.74, 6) is -2.87. The van der Waals surface area contributed by atoms with Crippen LogP contribution in [0.15, 0.2) is 54.6 Å². The maximum Gasteiger partial charge on any atom is 0.334 e. The number of allylic oxidation sites excluding steroid dienone is 8. The molecule has 0 spiro atoms. The molecule has 6 rings (SSSR count). The summed E-state index contributed by atoms with van der Waals surface area (Å²) >= 11 is 0. The highest BCUT2D eigenvalue weighted by Gasteiger charge is 2.53. The number of ether oxygens (including phenoxy) is 4. The van der Waals surface area contributed by atoms with E-state index >= 15 is 0 Å². The summed E-state index contributed by atoms with van der Waals surface area (Å²) in [5, 5.41) is 0. The van der Waals surface area contributed by atoms with Crippen LogP contribution in [-0.4, -0.2) is 71.7 Å². The Bertz CT molecular complexity index is 2420. The molecule has 5 heterocycles. The van der Waals surface area contributed by atoms with Gasteiger partial charge >= 0.3 is 23.9 Å². The van der Waals surface area contributed by atoms with Crippen molar-refractivity contribution in [1.82, 2.24) is 19.9 Å². The molecule has 2 atom stereocenters. The van der Waals surface area contributed by atoms with Gasteiger partial charge in [0.15, 0.2) is 0 Å². The van der Waals surface area contributed by atoms with E-state index in [1.165, 1.54) is 21.3 Å². The van der Waals surface area contributed by atoms with E-state index in [0.717, 1.165) is 75.7 Å². The van der Waals surface area contributed by atoms with Crippen LogP contribution in [0.3, 0.4) is 0 Å². The lowest BCUT2D eigenvalue weighted by Gasteiger charge is -2.37. The van der Waals surface area contributed by atoms with Gasteiger partial charge in [-0.2, -0.15) is 0 Å². The number of unbranched alkanes of at least 4 members (excludes halogenated alkanes) is 3. The van der Waals surface area contributed by atoms with Crippen LogP contribution in [0.4, 0.5) is 0 Å². The molecule has 0 saturated carbocycles. The lowest BCUT2D eigenvalue weighted by atomic mass is 9.64. The Morgan fingerprint density at radius 2 is 1.47 bits per heavy atom. The van der Waals surface area contributed by atoms with Gasteiger partial charge in [-0.05, 0) is 105 Å². The fraction of sp³-hybridized carbons (Fsp3) is 0.404. The number of carbonyl (C=O) groups is 4. The number of esters is 4. The van der Waals surface area contributed by atoms with E-state index in [4.69, 9.17) is 28.9 Å². The van der Waals surface area contributed by atoms with Gasteiger partial charge < -0.3 is 28.9 Å². The predicted molar refractivity (Wildman–Crippen MR) is 228 cm³/mol. The normalized spacial score (nSPS) is 17.7. The first-order valence-corrected chi connectivity index (χ1v) is 20.2. The van der Waals surface area contributed by atoms with Crippen LogP contribution >= 0.6 is 0 Å². The van der Waals surface area contributed by atoms with Gasteiger partial charge in [-0.3, -0.25) is 14.4 Å². The number of hydrogen-bond donors (Lipinski definition) is 2. The van der Waals surface area contributed by atoms with Crippen LogP contribution in [0.1, 0.15) is 118 Å². The van der Waals surface area contributed by atoms with E-state index in [1.54, 1.807) is 12.2 Å². The lowest BCUT2D eigenvalue weighted by Crippen LogP contribution is -2.42. The molecule has 8 bridgehead atoms. The van der Waals surface area contributed by atoms with Crippen LogP contribution in [0.2, 0.25) is 0 Å². The fourth-order valence-corrected chi connectivity index (χ4v) is 8.45. The highest BCUT2D eigenvalue weighted by atomic mass is 16.5. The summed E-state index contributed by atoms with van der Waals surface area (Å²) in [6.07, 6.45) is 10.2. The average molecular weight is 803 g/mol. The molecule has 0 radical (unpaired) electrons. The quantitative estimate of drug-likeness (QED) is 0.107. The van der Waals surface area contributed by atoms with Gasteiger partial charge in [0.1, 0.15) is 5.92 Å². The summed E-state index contributed by atoms with van der Waals surface area (Å²) in [4.78, 5) is 70.1. The highest BCUT2D eigenvalue weighted by Crippen LogP contribution is 2.53.